The van der Waals surface area contributed by atoms with Crippen LogP contribution in [0.15, 0.2) is 0 Å². The minimum absolute atomic E-state index is 0.637. The maximum Gasteiger partial charge on any atom is 0.0211 e. The van der Waals surface area contributed by atoms with Crippen molar-refractivity contribution in [1.29, 1.82) is 0 Å². The van der Waals surface area contributed by atoms with Crippen LogP contribution >= 0.6 is 11.8 Å². The minimum atomic E-state index is 0.637. The van der Waals surface area contributed by atoms with Crippen molar-refractivity contribution in [3.8, 4) is 0 Å². The zero-order chi connectivity index (χ0) is 9.95. The molecule has 1 rings (SSSR count). The Labute approximate surface area is 87.9 Å². The van der Waals surface area contributed by atoms with Gasteiger partial charge in [-0.05, 0) is 36.9 Å². The normalized spacial score (nSPS) is 38.8. The molecule has 0 nitrogen and oxygen atoms in total. The molecule has 78 valence electrons. The highest BCUT2D eigenvalue weighted by molar-refractivity contribution is 8.00. The van der Waals surface area contributed by atoms with Gasteiger partial charge < -0.3 is 0 Å². The molecule has 0 saturated heterocycles. The third-order valence-corrected chi connectivity index (χ3v) is 5.80. The molecule has 0 heterocycles. The summed E-state index contributed by atoms with van der Waals surface area (Å²) in [6.07, 6.45) is 7.05. The molecule has 0 aromatic rings. The van der Waals surface area contributed by atoms with Gasteiger partial charge in [0.05, 0.1) is 0 Å². The van der Waals surface area contributed by atoms with E-state index in [0.717, 1.165) is 0 Å². The summed E-state index contributed by atoms with van der Waals surface area (Å²) in [5.74, 6) is 1.28. The first-order chi connectivity index (χ1) is 6.14. The Morgan fingerprint density at radius 2 is 1.85 bits per heavy atom. The van der Waals surface area contributed by atoms with Crippen LogP contribution in [0.2, 0.25) is 0 Å². The molecule has 1 fully saturated rings. The molecule has 0 N–H and O–H groups in total. The van der Waals surface area contributed by atoms with E-state index in [-0.39, 0.29) is 0 Å². The molecule has 0 spiro atoms. The fraction of sp³-hybridized carbons (Fsp3) is 1.00. The minimum Gasteiger partial charge on any atom is -0.155 e. The van der Waals surface area contributed by atoms with Crippen LogP contribution in [0.4, 0.5) is 0 Å². The lowest BCUT2D eigenvalue weighted by Gasteiger charge is -2.58. The second kappa shape index (κ2) is 4.25. The standard InChI is InChI=1S/C12H24S/c1-5-8-11(4)9-10-12(11,6-2)13-7-3/h5-10H2,1-4H3. The Hall–Kier alpha value is 0.350. The van der Waals surface area contributed by atoms with Crippen molar-refractivity contribution in [3.63, 3.8) is 0 Å². The largest absolute Gasteiger partial charge is 0.155 e. The van der Waals surface area contributed by atoms with Crippen molar-refractivity contribution in [2.24, 2.45) is 5.41 Å². The van der Waals surface area contributed by atoms with Crippen molar-refractivity contribution in [2.45, 2.75) is 64.5 Å². The Morgan fingerprint density at radius 3 is 2.15 bits per heavy atom. The molecule has 2 unspecified atom stereocenters. The number of thioether (sulfide) groups is 1. The fourth-order valence-electron chi connectivity index (χ4n) is 2.96. The van der Waals surface area contributed by atoms with Crippen molar-refractivity contribution in [2.75, 3.05) is 5.75 Å². The van der Waals surface area contributed by atoms with Gasteiger partial charge in [0, 0.05) is 4.75 Å². The number of rotatable bonds is 5. The van der Waals surface area contributed by atoms with Crippen LogP contribution in [-0.4, -0.2) is 10.5 Å². The second-order valence-corrected chi connectivity index (χ2v) is 6.24. The lowest BCUT2D eigenvalue weighted by molar-refractivity contribution is 0.0701. The van der Waals surface area contributed by atoms with E-state index in [4.69, 9.17) is 0 Å². The van der Waals surface area contributed by atoms with Gasteiger partial charge in [-0.3, -0.25) is 0 Å². The first-order valence-corrected chi connectivity index (χ1v) is 6.76. The highest BCUT2D eigenvalue weighted by Crippen LogP contribution is 2.61. The van der Waals surface area contributed by atoms with Gasteiger partial charge in [0.1, 0.15) is 0 Å². The van der Waals surface area contributed by atoms with E-state index in [1.54, 1.807) is 0 Å². The zero-order valence-corrected chi connectivity index (χ0v) is 10.5. The van der Waals surface area contributed by atoms with Gasteiger partial charge >= 0.3 is 0 Å². The molecule has 0 aromatic heterocycles. The fourth-order valence-corrected chi connectivity index (χ4v) is 4.52. The van der Waals surface area contributed by atoms with Crippen molar-refractivity contribution in [3.05, 3.63) is 0 Å². The van der Waals surface area contributed by atoms with Gasteiger partial charge in [-0.1, -0.05) is 34.1 Å². The quantitative estimate of drug-likeness (QED) is 0.630. The van der Waals surface area contributed by atoms with Crippen molar-refractivity contribution >= 4 is 11.8 Å². The molecule has 2 atom stereocenters. The monoisotopic (exact) mass is 200 g/mol. The van der Waals surface area contributed by atoms with Crippen LogP contribution in [0.3, 0.4) is 0 Å². The van der Waals surface area contributed by atoms with E-state index in [2.05, 4.69) is 39.5 Å². The maximum absolute atomic E-state index is 2.51. The molecule has 0 bridgehead atoms. The third kappa shape index (κ3) is 1.77. The van der Waals surface area contributed by atoms with E-state index < -0.39 is 0 Å². The van der Waals surface area contributed by atoms with E-state index >= 15 is 0 Å². The summed E-state index contributed by atoms with van der Waals surface area (Å²) < 4.78 is 0.637. The summed E-state index contributed by atoms with van der Waals surface area (Å²) in [5.41, 5.74) is 0.650. The van der Waals surface area contributed by atoms with Crippen LogP contribution in [0.25, 0.3) is 0 Å². The van der Waals surface area contributed by atoms with Gasteiger partial charge in [0.2, 0.25) is 0 Å². The summed E-state index contributed by atoms with van der Waals surface area (Å²) >= 11 is 2.21. The molecule has 1 heteroatoms. The van der Waals surface area contributed by atoms with Crippen LogP contribution in [0.1, 0.15) is 59.8 Å². The van der Waals surface area contributed by atoms with E-state index in [9.17, 15) is 0 Å². The van der Waals surface area contributed by atoms with Crippen LogP contribution in [-0.2, 0) is 0 Å². The average Bonchev–Trinajstić information content (AvgIpc) is 2.12. The Kier molecular flexibility index (Phi) is 3.73. The SMILES string of the molecule is CCCC1(C)CCC1(CC)SCC. The van der Waals surface area contributed by atoms with E-state index in [0.29, 0.717) is 10.2 Å². The topological polar surface area (TPSA) is 0 Å². The van der Waals surface area contributed by atoms with Gasteiger partial charge in [0.15, 0.2) is 0 Å². The summed E-state index contributed by atoms with van der Waals surface area (Å²) in [6, 6.07) is 0. The van der Waals surface area contributed by atoms with E-state index in [1.165, 1.54) is 37.9 Å². The summed E-state index contributed by atoms with van der Waals surface area (Å²) in [6.45, 7) is 9.50. The molecule has 0 radical (unpaired) electrons. The summed E-state index contributed by atoms with van der Waals surface area (Å²) in [5, 5.41) is 0. The van der Waals surface area contributed by atoms with Crippen molar-refractivity contribution < 1.29 is 0 Å². The predicted octanol–water partition coefficient (Wildman–Crippen LogP) is 4.49. The molecular formula is C12H24S. The Balaban J connectivity index is 2.65. The molecule has 1 aliphatic rings. The zero-order valence-electron chi connectivity index (χ0n) is 9.65. The van der Waals surface area contributed by atoms with Crippen LogP contribution < -0.4 is 0 Å². The average molecular weight is 200 g/mol. The highest BCUT2D eigenvalue weighted by Gasteiger charge is 2.53. The lowest BCUT2D eigenvalue weighted by atomic mass is 9.57. The highest BCUT2D eigenvalue weighted by atomic mass is 32.2. The molecular weight excluding hydrogens is 176 g/mol. The molecule has 13 heavy (non-hydrogen) atoms. The van der Waals surface area contributed by atoms with Gasteiger partial charge in [-0.15, -0.1) is 0 Å². The molecule has 0 amide bonds. The molecule has 0 aliphatic heterocycles. The number of hydrogen-bond acceptors (Lipinski definition) is 1. The van der Waals surface area contributed by atoms with Crippen LogP contribution in [0.5, 0.6) is 0 Å². The smallest absolute Gasteiger partial charge is 0.0211 e. The first kappa shape index (κ1) is 11.4. The van der Waals surface area contributed by atoms with Crippen molar-refractivity contribution in [1.82, 2.24) is 0 Å². The third-order valence-electron chi connectivity index (χ3n) is 3.97. The molecule has 1 saturated carbocycles. The van der Waals surface area contributed by atoms with Crippen LogP contribution in [0, 0.1) is 5.41 Å². The van der Waals surface area contributed by atoms with Gasteiger partial charge in [0.25, 0.3) is 0 Å². The Morgan fingerprint density at radius 1 is 1.15 bits per heavy atom. The number of hydrogen-bond donors (Lipinski definition) is 0. The summed E-state index contributed by atoms with van der Waals surface area (Å²) in [4.78, 5) is 0. The van der Waals surface area contributed by atoms with E-state index in [1.807, 2.05) is 0 Å². The maximum atomic E-state index is 2.51. The second-order valence-electron chi connectivity index (χ2n) is 4.59. The summed E-state index contributed by atoms with van der Waals surface area (Å²) in [7, 11) is 0. The predicted molar refractivity (Wildman–Crippen MR) is 63.4 cm³/mol. The lowest BCUT2D eigenvalue weighted by Crippen LogP contribution is -2.52. The first-order valence-electron chi connectivity index (χ1n) is 5.78. The molecule has 0 aromatic carbocycles. The Bertz CT molecular complexity index is 163. The van der Waals surface area contributed by atoms with Gasteiger partial charge in [-0.25, -0.2) is 0 Å². The molecule has 1 aliphatic carbocycles. The van der Waals surface area contributed by atoms with Gasteiger partial charge in [-0.2, -0.15) is 11.8 Å².